The molecule has 1 saturated heterocycles. The van der Waals surface area contributed by atoms with E-state index in [1.807, 2.05) is 19.9 Å². The van der Waals surface area contributed by atoms with E-state index in [0.29, 0.717) is 12.2 Å². The van der Waals surface area contributed by atoms with Crippen LogP contribution in [0.15, 0.2) is 18.2 Å². The Bertz CT molecular complexity index is 535. The largest absolute Gasteiger partial charge is 0.479 e. The van der Waals surface area contributed by atoms with Crippen molar-refractivity contribution in [3.05, 3.63) is 34.9 Å². The van der Waals surface area contributed by atoms with Gasteiger partial charge in [0.1, 0.15) is 0 Å². The van der Waals surface area contributed by atoms with Gasteiger partial charge < -0.3 is 15.2 Å². The van der Waals surface area contributed by atoms with Crippen molar-refractivity contribution < 1.29 is 19.4 Å². The van der Waals surface area contributed by atoms with Crippen LogP contribution in [0, 0.1) is 13.8 Å². The fourth-order valence-corrected chi connectivity index (χ4v) is 2.46. The van der Waals surface area contributed by atoms with E-state index in [1.165, 1.54) is 0 Å². The van der Waals surface area contributed by atoms with Gasteiger partial charge in [0.25, 0.3) is 0 Å². The molecule has 0 bridgehead atoms. The summed E-state index contributed by atoms with van der Waals surface area (Å²) in [6, 6.07) is 4.40. The Morgan fingerprint density at radius 1 is 1.38 bits per heavy atom. The number of rotatable bonds is 5. The number of nitrogens with one attached hydrogen (secondary N) is 1. The van der Waals surface area contributed by atoms with Crippen LogP contribution in [0.5, 0.6) is 0 Å². The summed E-state index contributed by atoms with van der Waals surface area (Å²) in [5.41, 5.74) is 2.69. The first-order valence-electron chi connectivity index (χ1n) is 7.18. The number of carboxylic acid groups (broad SMARTS) is 1. The fraction of sp³-hybridized carbons (Fsp3) is 0.500. The Morgan fingerprint density at radius 2 is 2.14 bits per heavy atom. The van der Waals surface area contributed by atoms with Crippen molar-refractivity contribution in [3.63, 3.8) is 0 Å². The third-order valence-corrected chi connectivity index (χ3v) is 3.85. The van der Waals surface area contributed by atoms with Gasteiger partial charge in [-0.15, -0.1) is 0 Å². The van der Waals surface area contributed by atoms with Gasteiger partial charge in [0, 0.05) is 6.61 Å². The molecule has 21 heavy (non-hydrogen) atoms. The highest BCUT2D eigenvalue weighted by atomic mass is 16.5. The molecular weight excluding hydrogens is 270 g/mol. The first-order chi connectivity index (χ1) is 9.97. The molecule has 5 nitrogen and oxygen atoms in total. The van der Waals surface area contributed by atoms with Gasteiger partial charge in [0.05, 0.1) is 12.5 Å². The van der Waals surface area contributed by atoms with E-state index in [4.69, 9.17) is 4.74 Å². The molecule has 1 amide bonds. The average Bonchev–Trinajstić information content (AvgIpc) is 2.92. The monoisotopic (exact) mass is 291 g/mol. The smallest absolute Gasteiger partial charge is 0.330 e. The van der Waals surface area contributed by atoms with Crippen molar-refractivity contribution in [1.29, 1.82) is 0 Å². The van der Waals surface area contributed by atoms with Crippen molar-refractivity contribution in [2.75, 3.05) is 6.61 Å². The van der Waals surface area contributed by atoms with Crippen molar-refractivity contribution >= 4 is 11.9 Å². The Kier molecular flexibility index (Phi) is 4.96. The summed E-state index contributed by atoms with van der Waals surface area (Å²) >= 11 is 0. The SMILES string of the molecule is Cc1ccc(C(NC(=O)CC2CCCO2)C(=O)O)cc1C. The molecule has 1 aromatic rings. The molecule has 1 aliphatic rings. The van der Waals surface area contributed by atoms with Crippen LogP contribution in [-0.2, 0) is 14.3 Å². The quantitative estimate of drug-likeness (QED) is 0.871. The summed E-state index contributed by atoms with van der Waals surface area (Å²) in [5.74, 6) is -1.34. The molecule has 2 unspecified atom stereocenters. The highest BCUT2D eigenvalue weighted by molar-refractivity contribution is 5.84. The number of amides is 1. The second-order valence-corrected chi connectivity index (χ2v) is 5.52. The summed E-state index contributed by atoms with van der Waals surface area (Å²) in [7, 11) is 0. The second kappa shape index (κ2) is 6.72. The molecular formula is C16H21NO4. The summed E-state index contributed by atoms with van der Waals surface area (Å²) in [6.07, 6.45) is 1.94. The lowest BCUT2D eigenvalue weighted by atomic mass is 10.0. The minimum Gasteiger partial charge on any atom is -0.479 e. The van der Waals surface area contributed by atoms with Gasteiger partial charge in [-0.25, -0.2) is 4.79 Å². The molecule has 114 valence electrons. The van der Waals surface area contributed by atoms with E-state index < -0.39 is 12.0 Å². The number of carbonyl (C=O) groups is 2. The Hall–Kier alpha value is -1.88. The van der Waals surface area contributed by atoms with Crippen molar-refractivity contribution in [3.8, 4) is 0 Å². The van der Waals surface area contributed by atoms with Gasteiger partial charge in [-0.2, -0.15) is 0 Å². The zero-order valence-corrected chi connectivity index (χ0v) is 12.4. The van der Waals surface area contributed by atoms with Crippen LogP contribution in [-0.4, -0.2) is 29.7 Å². The maximum absolute atomic E-state index is 12.0. The molecule has 0 aromatic heterocycles. The minimum absolute atomic E-state index is 0.0841. The van der Waals surface area contributed by atoms with E-state index in [0.717, 1.165) is 24.0 Å². The van der Waals surface area contributed by atoms with Gasteiger partial charge in [0.15, 0.2) is 6.04 Å². The second-order valence-electron chi connectivity index (χ2n) is 5.52. The summed E-state index contributed by atoms with van der Waals surface area (Å²) < 4.78 is 5.40. The first-order valence-corrected chi connectivity index (χ1v) is 7.18. The van der Waals surface area contributed by atoms with Gasteiger partial charge in [0.2, 0.25) is 5.91 Å². The summed E-state index contributed by atoms with van der Waals surface area (Å²) in [4.78, 5) is 23.4. The third-order valence-electron chi connectivity index (χ3n) is 3.85. The van der Waals surface area contributed by atoms with Crippen molar-refractivity contribution in [2.24, 2.45) is 0 Å². The summed E-state index contributed by atoms with van der Waals surface area (Å²) in [6.45, 7) is 4.56. The molecule has 0 saturated carbocycles. The highest BCUT2D eigenvalue weighted by Gasteiger charge is 2.25. The zero-order valence-electron chi connectivity index (χ0n) is 12.4. The van der Waals surface area contributed by atoms with Gasteiger partial charge >= 0.3 is 5.97 Å². The fourth-order valence-electron chi connectivity index (χ4n) is 2.46. The number of carbonyl (C=O) groups excluding carboxylic acids is 1. The molecule has 1 aromatic carbocycles. The molecule has 1 fully saturated rings. The van der Waals surface area contributed by atoms with Gasteiger partial charge in [-0.05, 0) is 43.4 Å². The standard InChI is InChI=1S/C16H21NO4/c1-10-5-6-12(8-11(10)2)15(16(19)20)17-14(18)9-13-4-3-7-21-13/h5-6,8,13,15H,3-4,7,9H2,1-2H3,(H,17,18)(H,19,20). The van der Waals surface area contributed by atoms with Gasteiger partial charge in [-0.3, -0.25) is 4.79 Å². The Morgan fingerprint density at radius 3 is 2.71 bits per heavy atom. The third kappa shape index (κ3) is 4.04. The van der Waals surface area contributed by atoms with Crippen molar-refractivity contribution in [2.45, 2.75) is 45.3 Å². The number of benzene rings is 1. The topological polar surface area (TPSA) is 75.6 Å². The maximum Gasteiger partial charge on any atom is 0.330 e. The van der Waals surface area contributed by atoms with E-state index in [1.54, 1.807) is 12.1 Å². The number of hydrogen-bond donors (Lipinski definition) is 2. The Labute approximate surface area is 124 Å². The van der Waals surface area contributed by atoms with Crippen LogP contribution in [0.3, 0.4) is 0 Å². The van der Waals surface area contributed by atoms with E-state index in [9.17, 15) is 14.7 Å². The van der Waals surface area contributed by atoms with Crippen LogP contribution in [0.2, 0.25) is 0 Å². The molecule has 0 radical (unpaired) electrons. The number of ether oxygens (including phenoxy) is 1. The lowest BCUT2D eigenvalue weighted by Gasteiger charge is -2.17. The van der Waals surface area contributed by atoms with E-state index in [2.05, 4.69) is 5.32 Å². The number of hydrogen-bond acceptors (Lipinski definition) is 3. The predicted molar refractivity (Wildman–Crippen MR) is 78.0 cm³/mol. The highest BCUT2D eigenvalue weighted by Crippen LogP contribution is 2.19. The minimum atomic E-state index is -1.06. The van der Waals surface area contributed by atoms with Crippen LogP contribution in [0.4, 0.5) is 0 Å². The summed E-state index contributed by atoms with van der Waals surface area (Å²) in [5, 5.41) is 11.9. The average molecular weight is 291 g/mol. The van der Waals surface area contributed by atoms with Crippen LogP contribution < -0.4 is 5.32 Å². The van der Waals surface area contributed by atoms with Crippen molar-refractivity contribution in [1.82, 2.24) is 5.32 Å². The van der Waals surface area contributed by atoms with Crippen LogP contribution in [0.1, 0.15) is 42.0 Å². The molecule has 0 aliphatic carbocycles. The van der Waals surface area contributed by atoms with Crippen LogP contribution >= 0.6 is 0 Å². The molecule has 1 aliphatic heterocycles. The molecule has 2 rings (SSSR count). The number of carboxylic acids is 1. The van der Waals surface area contributed by atoms with E-state index >= 15 is 0 Å². The van der Waals surface area contributed by atoms with Crippen LogP contribution in [0.25, 0.3) is 0 Å². The molecule has 0 spiro atoms. The zero-order chi connectivity index (χ0) is 15.4. The number of aryl methyl sites for hydroxylation is 2. The molecule has 5 heteroatoms. The van der Waals surface area contributed by atoms with Gasteiger partial charge in [-0.1, -0.05) is 18.2 Å². The lowest BCUT2D eigenvalue weighted by Crippen LogP contribution is -2.35. The first kappa shape index (κ1) is 15.5. The number of aliphatic carboxylic acids is 1. The van der Waals surface area contributed by atoms with E-state index in [-0.39, 0.29) is 18.4 Å². The Balaban J connectivity index is 2.06. The maximum atomic E-state index is 12.0. The lowest BCUT2D eigenvalue weighted by molar-refractivity contribution is -0.142. The molecule has 1 heterocycles. The normalized spacial score (nSPS) is 19.2. The molecule has 2 atom stereocenters. The predicted octanol–water partition coefficient (Wildman–Crippen LogP) is 2.11. The molecule has 2 N–H and O–H groups in total.